The summed E-state index contributed by atoms with van der Waals surface area (Å²) >= 11 is 0. The van der Waals surface area contributed by atoms with Gasteiger partial charge in [0.25, 0.3) is 0 Å². The molecular weight excluding hydrogens is 306 g/mol. The number of nitrogens with zero attached hydrogens (tertiary/aromatic N) is 1. The molecule has 130 valence electrons. The topological polar surface area (TPSA) is 3.88 Å². The molecule has 0 bridgehead atoms. The Hall–Kier alpha value is -1.41. The van der Waals surface area contributed by atoms with Crippen molar-refractivity contribution in [3.05, 3.63) is 47.2 Å². The molecule has 24 heavy (non-hydrogen) atoms. The van der Waals surface area contributed by atoms with Gasteiger partial charge in [0.15, 0.2) is 6.20 Å². The van der Waals surface area contributed by atoms with Crippen LogP contribution in [-0.2, 0) is 7.05 Å². The maximum absolute atomic E-state index is 2.49. The van der Waals surface area contributed by atoms with E-state index in [2.05, 4.69) is 89.4 Å². The average molecular weight is 341 g/mol. The van der Waals surface area contributed by atoms with Crippen molar-refractivity contribution < 1.29 is 4.57 Å². The van der Waals surface area contributed by atoms with E-state index in [4.69, 9.17) is 0 Å². The van der Waals surface area contributed by atoms with Crippen LogP contribution in [0.25, 0.3) is 11.3 Å². The van der Waals surface area contributed by atoms with Crippen molar-refractivity contribution in [2.75, 3.05) is 0 Å². The molecule has 0 unspecified atom stereocenters. The fourth-order valence-corrected chi connectivity index (χ4v) is 5.36. The highest BCUT2D eigenvalue weighted by Crippen LogP contribution is 2.28. The van der Waals surface area contributed by atoms with E-state index >= 15 is 0 Å². The third-order valence-electron chi connectivity index (χ3n) is 5.21. The fraction of sp³-hybridized carbons (Fsp3) is 0.500. The van der Waals surface area contributed by atoms with Gasteiger partial charge in [-0.15, -0.1) is 0 Å². The molecule has 0 saturated heterocycles. The molecule has 1 aromatic heterocycles. The van der Waals surface area contributed by atoms with Crippen LogP contribution >= 0.6 is 0 Å². The SMILES string of the molecule is CCC(CC)c1cc(-c2cc(C)ccc2C)[n+](C)cc1[Si](C)(C)C. The average Bonchev–Trinajstić information content (AvgIpc) is 2.51. The van der Waals surface area contributed by atoms with Crippen molar-refractivity contribution in [3.63, 3.8) is 0 Å². The molecule has 0 spiro atoms. The number of benzene rings is 1. The Morgan fingerprint density at radius 2 is 1.62 bits per heavy atom. The summed E-state index contributed by atoms with van der Waals surface area (Å²) in [7, 11) is 0.832. The van der Waals surface area contributed by atoms with Gasteiger partial charge < -0.3 is 0 Å². The number of hydrogen-bond acceptors (Lipinski definition) is 0. The zero-order valence-electron chi connectivity index (χ0n) is 16.8. The van der Waals surface area contributed by atoms with Crippen molar-refractivity contribution in [2.45, 2.75) is 66.1 Å². The lowest BCUT2D eigenvalue weighted by atomic mass is 9.92. The van der Waals surface area contributed by atoms with Gasteiger partial charge in [0.1, 0.15) is 7.05 Å². The van der Waals surface area contributed by atoms with Crippen LogP contribution in [0.3, 0.4) is 0 Å². The molecule has 0 N–H and O–H groups in total. The Morgan fingerprint density at radius 3 is 2.17 bits per heavy atom. The van der Waals surface area contributed by atoms with Crippen molar-refractivity contribution in [1.82, 2.24) is 0 Å². The van der Waals surface area contributed by atoms with Crippen LogP contribution in [-0.4, -0.2) is 8.07 Å². The first-order valence-corrected chi connectivity index (χ1v) is 12.8. The van der Waals surface area contributed by atoms with Crippen LogP contribution in [0.1, 0.15) is 49.3 Å². The zero-order chi connectivity index (χ0) is 18.1. The summed E-state index contributed by atoms with van der Waals surface area (Å²) in [5.41, 5.74) is 6.99. The second-order valence-electron chi connectivity index (χ2n) is 8.22. The quantitative estimate of drug-likeness (QED) is 0.517. The van der Waals surface area contributed by atoms with Gasteiger partial charge in [0.2, 0.25) is 5.69 Å². The molecule has 0 saturated carbocycles. The fourth-order valence-electron chi connectivity index (χ4n) is 3.64. The largest absolute Gasteiger partial charge is 0.212 e. The smallest absolute Gasteiger partial charge is 0.201 e. The van der Waals surface area contributed by atoms with Crippen molar-refractivity contribution >= 4 is 13.3 Å². The van der Waals surface area contributed by atoms with E-state index in [0.717, 1.165) is 0 Å². The predicted molar refractivity (Wildman–Crippen MR) is 109 cm³/mol. The molecule has 0 aliphatic rings. The normalized spacial score (nSPS) is 12.0. The first-order chi connectivity index (χ1) is 11.2. The molecule has 0 atom stereocenters. The highest BCUT2D eigenvalue weighted by atomic mass is 28.3. The maximum atomic E-state index is 2.49. The minimum atomic E-state index is -1.37. The Labute approximate surface area is 149 Å². The standard InChI is InChI=1S/C22H34NSi/c1-9-18(10-2)20-14-21(19-13-16(3)11-12-17(19)4)23(5)15-22(20)24(6,7)8/h11-15,18H,9-10H2,1-8H3/q+1. The summed E-state index contributed by atoms with van der Waals surface area (Å²) in [5.74, 6) is 0.664. The van der Waals surface area contributed by atoms with Gasteiger partial charge in [-0.25, -0.2) is 4.57 Å². The molecule has 0 fully saturated rings. The van der Waals surface area contributed by atoms with Gasteiger partial charge in [-0.3, -0.25) is 0 Å². The van der Waals surface area contributed by atoms with Gasteiger partial charge in [-0.2, -0.15) is 0 Å². The molecule has 0 aliphatic heterocycles. The Morgan fingerprint density at radius 1 is 1.00 bits per heavy atom. The number of aryl methyl sites for hydroxylation is 3. The van der Waals surface area contributed by atoms with E-state index in [1.54, 1.807) is 10.8 Å². The summed E-state index contributed by atoms with van der Waals surface area (Å²) < 4.78 is 2.35. The third kappa shape index (κ3) is 3.80. The van der Waals surface area contributed by atoms with Gasteiger partial charge in [0, 0.05) is 16.8 Å². The Kier molecular flexibility index (Phi) is 5.69. The Balaban J connectivity index is 2.75. The Bertz CT molecular complexity index is 721. The highest BCUT2D eigenvalue weighted by molar-refractivity contribution is 6.89. The lowest BCUT2D eigenvalue weighted by Gasteiger charge is -2.24. The monoisotopic (exact) mass is 340 g/mol. The molecule has 2 heteroatoms. The minimum absolute atomic E-state index is 0.664. The maximum Gasteiger partial charge on any atom is 0.212 e. The number of rotatable bonds is 5. The molecule has 2 rings (SSSR count). The number of hydrogen-bond donors (Lipinski definition) is 0. The highest BCUT2D eigenvalue weighted by Gasteiger charge is 2.28. The molecule has 0 aliphatic carbocycles. The first kappa shape index (κ1) is 18.9. The van der Waals surface area contributed by atoms with E-state index in [9.17, 15) is 0 Å². The second kappa shape index (κ2) is 7.22. The summed E-state index contributed by atoms with van der Waals surface area (Å²) in [6.45, 7) is 16.4. The molecular formula is C22H34NSi+. The lowest BCUT2D eigenvalue weighted by molar-refractivity contribution is -0.659. The second-order valence-corrected chi connectivity index (χ2v) is 13.3. The first-order valence-electron chi connectivity index (χ1n) is 9.30. The van der Waals surface area contributed by atoms with E-state index in [1.165, 1.54) is 35.2 Å². The van der Waals surface area contributed by atoms with Gasteiger partial charge in [-0.1, -0.05) is 51.2 Å². The van der Waals surface area contributed by atoms with Crippen LogP contribution in [0.5, 0.6) is 0 Å². The van der Waals surface area contributed by atoms with Crippen molar-refractivity contribution in [2.24, 2.45) is 7.05 Å². The van der Waals surface area contributed by atoms with Crippen molar-refractivity contribution in [3.8, 4) is 11.3 Å². The van der Waals surface area contributed by atoms with Gasteiger partial charge in [-0.05, 0) is 49.8 Å². The van der Waals surface area contributed by atoms with E-state index in [1.807, 2.05) is 0 Å². The summed E-state index contributed by atoms with van der Waals surface area (Å²) in [5, 5.41) is 1.62. The van der Waals surface area contributed by atoms with Crippen LogP contribution in [0.4, 0.5) is 0 Å². The van der Waals surface area contributed by atoms with Crippen LogP contribution < -0.4 is 9.75 Å². The van der Waals surface area contributed by atoms with Crippen LogP contribution in [0.2, 0.25) is 19.6 Å². The summed E-state index contributed by atoms with van der Waals surface area (Å²) in [6.07, 6.45) is 4.86. The van der Waals surface area contributed by atoms with Crippen LogP contribution in [0.15, 0.2) is 30.5 Å². The minimum Gasteiger partial charge on any atom is -0.201 e. The zero-order valence-corrected chi connectivity index (χ0v) is 17.8. The van der Waals surface area contributed by atoms with E-state index in [0.29, 0.717) is 5.92 Å². The summed E-state index contributed by atoms with van der Waals surface area (Å²) in [6, 6.07) is 9.27. The molecule has 1 heterocycles. The van der Waals surface area contributed by atoms with Crippen LogP contribution in [0, 0.1) is 13.8 Å². The van der Waals surface area contributed by atoms with Gasteiger partial charge >= 0.3 is 0 Å². The third-order valence-corrected chi connectivity index (χ3v) is 7.24. The molecule has 1 nitrogen and oxygen atoms in total. The molecule has 0 amide bonds. The number of aromatic nitrogens is 1. The van der Waals surface area contributed by atoms with Crippen molar-refractivity contribution in [1.29, 1.82) is 0 Å². The number of pyridine rings is 1. The lowest BCUT2D eigenvalue weighted by Crippen LogP contribution is -2.47. The summed E-state index contributed by atoms with van der Waals surface area (Å²) in [4.78, 5) is 0. The van der Waals surface area contributed by atoms with Gasteiger partial charge in [0.05, 0.1) is 8.07 Å². The molecule has 0 radical (unpaired) electrons. The predicted octanol–water partition coefficient (Wildman–Crippen LogP) is 5.24. The van der Waals surface area contributed by atoms with E-state index in [-0.39, 0.29) is 0 Å². The van der Waals surface area contributed by atoms with E-state index < -0.39 is 8.07 Å². The molecule has 2 aromatic rings. The molecule has 1 aromatic carbocycles.